The number of phenolic OH excluding ortho intramolecular Hbond substituents is 1. The van der Waals surface area contributed by atoms with Crippen LogP contribution in [0.15, 0.2) is 24.3 Å². The Morgan fingerprint density at radius 2 is 1.94 bits per heavy atom. The first kappa shape index (κ1) is 11.9. The molecule has 0 bridgehead atoms. The van der Waals surface area contributed by atoms with E-state index in [0.29, 0.717) is 19.4 Å². The van der Waals surface area contributed by atoms with Crippen LogP contribution in [-0.4, -0.2) is 22.7 Å². The highest BCUT2D eigenvalue weighted by Gasteiger charge is 2.50. The molecule has 0 radical (unpaired) electrons. The highest BCUT2D eigenvalue weighted by atomic mass is 16.4. The van der Waals surface area contributed by atoms with Gasteiger partial charge in [-0.3, -0.25) is 4.79 Å². The molecule has 0 aromatic heterocycles. The zero-order valence-electron chi connectivity index (χ0n) is 9.60. The van der Waals surface area contributed by atoms with E-state index in [0.717, 1.165) is 12.0 Å². The van der Waals surface area contributed by atoms with Crippen molar-refractivity contribution < 1.29 is 15.0 Å². The molecule has 1 fully saturated rings. The molecular weight excluding hydrogens is 218 g/mol. The van der Waals surface area contributed by atoms with Crippen molar-refractivity contribution in [3.05, 3.63) is 29.8 Å². The molecule has 4 N–H and O–H groups in total. The molecule has 1 atom stereocenters. The lowest BCUT2D eigenvalue weighted by Crippen LogP contribution is -2.45. The Hall–Kier alpha value is -1.55. The lowest BCUT2D eigenvalue weighted by molar-refractivity contribution is -0.156. The molecule has 1 saturated carbocycles. The molecule has 1 aromatic carbocycles. The fraction of sp³-hybridized carbons (Fsp3) is 0.462. The summed E-state index contributed by atoms with van der Waals surface area (Å²) in [5, 5.41) is 18.6. The number of carboxylic acid groups (broad SMARTS) is 1. The predicted octanol–water partition coefficient (Wildman–Crippen LogP) is 1.69. The second kappa shape index (κ2) is 4.37. The molecule has 0 heterocycles. The minimum atomic E-state index is -0.757. The molecule has 0 saturated heterocycles. The standard InChI is InChI=1S/C13H17NO3/c14-8-11(9-2-4-10(15)5-3-9)13(12(16)17)6-1-7-13/h2-5,11,15H,1,6-8,14H2,(H,16,17)/t11-/m0/s1. The molecule has 2 rings (SSSR count). The van der Waals surface area contributed by atoms with Gasteiger partial charge in [0, 0.05) is 12.5 Å². The maximum absolute atomic E-state index is 11.4. The van der Waals surface area contributed by atoms with Gasteiger partial charge in [0.15, 0.2) is 0 Å². The van der Waals surface area contributed by atoms with Gasteiger partial charge in [0.05, 0.1) is 5.41 Å². The smallest absolute Gasteiger partial charge is 0.310 e. The molecular formula is C13H17NO3. The van der Waals surface area contributed by atoms with Gasteiger partial charge in [0.25, 0.3) is 0 Å². The summed E-state index contributed by atoms with van der Waals surface area (Å²) in [6, 6.07) is 6.67. The van der Waals surface area contributed by atoms with Gasteiger partial charge in [-0.25, -0.2) is 0 Å². The number of aromatic hydroxyl groups is 1. The van der Waals surface area contributed by atoms with Gasteiger partial charge in [0.1, 0.15) is 5.75 Å². The van der Waals surface area contributed by atoms with E-state index in [-0.39, 0.29) is 11.7 Å². The Balaban J connectivity index is 2.32. The van der Waals surface area contributed by atoms with Crippen molar-refractivity contribution in [3.8, 4) is 5.75 Å². The Kier molecular flexibility index (Phi) is 3.07. The Morgan fingerprint density at radius 3 is 2.29 bits per heavy atom. The zero-order valence-corrected chi connectivity index (χ0v) is 9.60. The fourth-order valence-corrected chi connectivity index (χ4v) is 2.66. The molecule has 0 unspecified atom stereocenters. The van der Waals surface area contributed by atoms with Crippen LogP contribution >= 0.6 is 0 Å². The number of nitrogens with two attached hydrogens (primary N) is 1. The van der Waals surface area contributed by atoms with E-state index in [2.05, 4.69) is 0 Å². The van der Waals surface area contributed by atoms with Crippen LogP contribution in [0, 0.1) is 5.41 Å². The van der Waals surface area contributed by atoms with Gasteiger partial charge in [-0.2, -0.15) is 0 Å². The van der Waals surface area contributed by atoms with Crippen LogP contribution < -0.4 is 5.73 Å². The van der Waals surface area contributed by atoms with Gasteiger partial charge >= 0.3 is 5.97 Å². The third-order valence-corrected chi connectivity index (χ3v) is 3.87. The van der Waals surface area contributed by atoms with Crippen molar-refractivity contribution in [3.63, 3.8) is 0 Å². The summed E-state index contributed by atoms with van der Waals surface area (Å²) >= 11 is 0. The summed E-state index contributed by atoms with van der Waals surface area (Å²) in [6.45, 7) is 0.317. The summed E-state index contributed by atoms with van der Waals surface area (Å²) in [6.07, 6.45) is 2.32. The molecule has 1 aliphatic rings. The van der Waals surface area contributed by atoms with E-state index in [1.54, 1.807) is 24.3 Å². The summed E-state index contributed by atoms with van der Waals surface area (Å²) in [5.41, 5.74) is 5.94. The second-order valence-electron chi connectivity index (χ2n) is 4.69. The number of rotatable bonds is 4. The van der Waals surface area contributed by atoms with Crippen LogP contribution in [0.4, 0.5) is 0 Å². The summed E-state index contributed by atoms with van der Waals surface area (Å²) in [7, 11) is 0. The zero-order chi connectivity index (χ0) is 12.5. The van der Waals surface area contributed by atoms with Crippen molar-refractivity contribution in [1.29, 1.82) is 0 Å². The van der Waals surface area contributed by atoms with Gasteiger partial charge < -0.3 is 15.9 Å². The minimum Gasteiger partial charge on any atom is -0.508 e. The van der Waals surface area contributed by atoms with Gasteiger partial charge in [-0.05, 0) is 30.5 Å². The SMILES string of the molecule is NC[C@@H](c1ccc(O)cc1)C1(C(=O)O)CCC1. The topological polar surface area (TPSA) is 83.5 Å². The maximum atomic E-state index is 11.4. The van der Waals surface area contributed by atoms with Crippen molar-refractivity contribution in [2.45, 2.75) is 25.2 Å². The van der Waals surface area contributed by atoms with E-state index >= 15 is 0 Å². The normalized spacial score (nSPS) is 19.4. The van der Waals surface area contributed by atoms with Crippen LogP contribution in [0.1, 0.15) is 30.7 Å². The number of hydrogen-bond donors (Lipinski definition) is 3. The first-order valence-corrected chi connectivity index (χ1v) is 5.82. The second-order valence-corrected chi connectivity index (χ2v) is 4.69. The van der Waals surface area contributed by atoms with Gasteiger partial charge in [-0.15, -0.1) is 0 Å². The van der Waals surface area contributed by atoms with E-state index in [9.17, 15) is 15.0 Å². The largest absolute Gasteiger partial charge is 0.508 e. The Labute approximate surface area is 100 Å². The summed E-state index contributed by atoms with van der Waals surface area (Å²) in [5.74, 6) is -0.746. The van der Waals surface area contributed by atoms with Crippen molar-refractivity contribution >= 4 is 5.97 Å². The molecule has 0 aliphatic heterocycles. The lowest BCUT2D eigenvalue weighted by atomic mass is 9.59. The van der Waals surface area contributed by atoms with Crippen LogP contribution in [-0.2, 0) is 4.79 Å². The van der Waals surface area contributed by atoms with Crippen LogP contribution in [0.25, 0.3) is 0 Å². The quantitative estimate of drug-likeness (QED) is 0.741. The van der Waals surface area contributed by atoms with E-state index in [1.165, 1.54) is 0 Å². The highest BCUT2D eigenvalue weighted by Crippen LogP contribution is 2.51. The molecule has 4 nitrogen and oxygen atoms in total. The molecule has 92 valence electrons. The summed E-state index contributed by atoms with van der Waals surface area (Å²) < 4.78 is 0. The van der Waals surface area contributed by atoms with E-state index in [1.807, 2.05) is 0 Å². The van der Waals surface area contributed by atoms with Crippen molar-refractivity contribution in [1.82, 2.24) is 0 Å². The fourth-order valence-electron chi connectivity index (χ4n) is 2.66. The molecule has 4 heteroatoms. The van der Waals surface area contributed by atoms with Gasteiger partial charge in [0.2, 0.25) is 0 Å². The average molecular weight is 235 g/mol. The monoisotopic (exact) mass is 235 g/mol. The highest BCUT2D eigenvalue weighted by molar-refractivity contribution is 5.77. The van der Waals surface area contributed by atoms with Crippen LogP contribution in [0.3, 0.4) is 0 Å². The molecule has 1 aromatic rings. The Bertz CT molecular complexity index is 409. The first-order chi connectivity index (χ1) is 8.10. The Morgan fingerprint density at radius 1 is 1.35 bits per heavy atom. The van der Waals surface area contributed by atoms with Crippen molar-refractivity contribution in [2.24, 2.45) is 11.1 Å². The number of carboxylic acids is 1. The minimum absolute atomic E-state index is 0.172. The number of aliphatic carboxylic acids is 1. The number of carbonyl (C=O) groups is 1. The maximum Gasteiger partial charge on any atom is 0.310 e. The molecule has 0 amide bonds. The molecule has 17 heavy (non-hydrogen) atoms. The third kappa shape index (κ3) is 1.89. The van der Waals surface area contributed by atoms with E-state index < -0.39 is 11.4 Å². The molecule has 1 aliphatic carbocycles. The van der Waals surface area contributed by atoms with Gasteiger partial charge in [-0.1, -0.05) is 18.6 Å². The first-order valence-electron chi connectivity index (χ1n) is 5.82. The predicted molar refractivity (Wildman–Crippen MR) is 63.8 cm³/mol. The van der Waals surface area contributed by atoms with Crippen molar-refractivity contribution in [2.75, 3.05) is 6.54 Å². The third-order valence-electron chi connectivity index (χ3n) is 3.87. The lowest BCUT2D eigenvalue weighted by Gasteiger charge is -2.44. The average Bonchev–Trinajstić information content (AvgIpc) is 2.24. The number of hydrogen-bond acceptors (Lipinski definition) is 3. The van der Waals surface area contributed by atoms with E-state index in [4.69, 9.17) is 5.73 Å². The molecule has 0 spiro atoms. The van der Waals surface area contributed by atoms with Crippen LogP contribution in [0.5, 0.6) is 5.75 Å². The summed E-state index contributed by atoms with van der Waals surface area (Å²) in [4.78, 5) is 11.4. The number of benzene rings is 1. The van der Waals surface area contributed by atoms with Crippen LogP contribution in [0.2, 0.25) is 0 Å². The number of phenols is 1.